The van der Waals surface area contributed by atoms with Crippen LogP contribution in [0.15, 0.2) is 17.1 Å². The number of aromatic nitrogens is 3. The van der Waals surface area contributed by atoms with Gasteiger partial charge in [-0.3, -0.25) is 0 Å². The second kappa shape index (κ2) is 11.4. The minimum absolute atomic E-state index is 0.479. The van der Waals surface area contributed by atoms with E-state index in [2.05, 4.69) is 32.3 Å². The van der Waals surface area contributed by atoms with Crippen LogP contribution in [0, 0.1) is 0 Å². The maximum Gasteiger partial charge on any atom is 0.203 e. The molecule has 1 aliphatic heterocycles. The van der Waals surface area contributed by atoms with Crippen LogP contribution in [0.2, 0.25) is 0 Å². The molecular weight excluding hydrogens is 396 g/mol. The second-order valence-corrected chi connectivity index (χ2v) is 7.40. The van der Waals surface area contributed by atoms with Gasteiger partial charge in [-0.15, -0.1) is 10.2 Å². The number of aliphatic imine (C=N–C) groups is 1. The van der Waals surface area contributed by atoms with E-state index in [-0.39, 0.29) is 0 Å². The molecule has 0 radical (unpaired) electrons. The van der Waals surface area contributed by atoms with Crippen molar-refractivity contribution in [2.24, 2.45) is 4.99 Å². The number of aryl methyl sites for hydroxylation is 1. The van der Waals surface area contributed by atoms with Gasteiger partial charge in [-0.2, -0.15) is 0 Å². The molecule has 31 heavy (non-hydrogen) atoms. The van der Waals surface area contributed by atoms with E-state index in [0.29, 0.717) is 23.8 Å². The first-order chi connectivity index (χ1) is 15.2. The van der Waals surface area contributed by atoms with Crippen LogP contribution in [0.3, 0.4) is 0 Å². The summed E-state index contributed by atoms with van der Waals surface area (Å²) in [5, 5.41) is 15.5. The summed E-state index contributed by atoms with van der Waals surface area (Å²) >= 11 is 0. The van der Waals surface area contributed by atoms with Gasteiger partial charge in [0.05, 0.1) is 27.9 Å². The summed E-state index contributed by atoms with van der Waals surface area (Å²) in [5.74, 6) is 4.75. The molecule has 2 N–H and O–H groups in total. The van der Waals surface area contributed by atoms with Gasteiger partial charge in [-0.1, -0.05) is 6.42 Å². The fourth-order valence-electron chi connectivity index (χ4n) is 3.76. The van der Waals surface area contributed by atoms with Crippen LogP contribution in [0.25, 0.3) is 0 Å². The van der Waals surface area contributed by atoms with Crippen LogP contribution in [0.1, 0.15) is 43.4 Å². The van der Waals surface area contributed by atoms with Gasteiger partial charge < -0.3 is 29.4 Å². The van der Waals surface area contributed by atoms with Gasteiger partial charge in [-0.25, -0.2) is 4.99 Å². The van der Waals surface area contributed by atoms with E-state index in [1.807, 2.05) is 12.1 Å². The Balaban J connectivity index is 1.64. The van der Waals surface area contributed by atoms with Crippen molar-refractivity contribution in [2.45, 2.75) is 52.1 Å². The molecule has 0 unspecified atom stereocenters. The van der Waals surface area contributed by atoms with E-state index in [9.17, 15) is 0 Å². The molecule has 1 aromatic heterocycles. The molecule has 3 rings (SSSR count). The number of hydrogen-bond acceptors (Lipinski definition) is 6. The van der Waals surface area contributed by atoms with Crippen molar-refractivity contribution in [2.75, 3.05) is 34.4 Å². The first-order valence-electron chi connectivity index (χ1n) is 10.9. The highest BCUT2D eigenvalue weighted by Gasteiger charge is 2.15. The lowest BCUT2D eigenvalue weighted by Crippen LogP contribution is -2.38. The van der Waals surface area contributed by atoms with Gasteiger partial charge in [0, 0.05) is 32.5 Å². The van der Waals surface area contributed by atoms with E-state index < -0.39 is 0 Å². The van der Waals surface area contributed by atoms with Gasteiger partial charge in [-0.05, 0) is 37.5 Å². The fourth-order valence-corrected chi connectivity index (χ4v) is 3.76. The minimum atomic E-state index is 0.479. The summed E-state index contributed by atoms with van der Waals surface area (Å²) in [6.07, 6.45) is 5.50. The number of nitrogens with one attached hydrogen (secondary N) is 2. The highest BCUT2D eigenvalue weighted by atomic mass is 16.5. The smallest absolute Gasteiger partial charge is 0.203 e. The van der Waals surface area contributed by atoms with Crippen molar-refractivity contribution < 1.29 is 14.2 Å². The van der Waals surface area contributed by atoms with Crippen LogP contribution in [0.5, 0.6) is 17.2 Å². The minimum Gasteiger partial charge on any atom is -0.493 e. The molecular formula is C22H34N6O3. The van der Waals surface area contributed by atoms with E-state index in [1.54, 1.807) is 21.3 Å². The number of fused-ring (bicyclic) bond motifs is 1. The molecule has 0 fully saturated rings. The number of methoxy groups -OCH3 is 3. The molecule has 9 heteroatoms. The van der Waals surface area contributed by atoms with E-state index in [0.717, 1.165) is 55.6 Å². The number of ether oxygens (including phenoxy) is 3. The Morgan fingerprint density at radius 3 is 2.48 bits per heavy atom. The monoisotopic (exact) mass is 430 g/mol. The highest BCUT2D eigenvalue weighted by Crippen LogP contribution is 2.38. The lowest BCUT2D eigenvalue weighted by atomic mass is 10.2. The van der Waals surface area contributed by atoms with Gasteiger partial charge in [0.25, 0.3) is 0 Å². The molecule has 1 aliphatic rings. The Hall–Kier alpha value is -2.97. The molecule has 0 aliphatic carbocycles. The van der Waals surface area contributed by atoms with Gasteiger partial charge >= 0.3 is 0 Å². The molecule has 1 aromatic carbocycles. The zero-order valence-corrected chi connectivity index (χ0v) is 19.0. The summed E-state index contributed by atoms with van der Waals surface area (Å²) < 4.78 is 18.5. The van der Waals surface area contributed by atoms with E-state index >= 15 is 0 Å². The maximum atomic E-state index is 5.43. The molecule has 2 heterocycles. The summed E-state index contributed by atoms with van der Waals surface area (Å²) in [4.78, 5) is 4.71. The summed E-state index contributed by atoms with van der Waals surface area (Å²) in [5.41, 5.74) is 0.967. The quantitative estimate of drug-likeness (QED) is 0.466. The Morgan fingerprint density at radius 2 is 1.81 bits per heavy atom. The highest BCUT2D eigenvalue weighted by molar-refractivity contribution is 5.79. The van der Waals surface area contributed by atoms with Crippen molar-refractivity contribution in [1.82, 2.24) is 25.4 Å². The molecule has 2 aromatic rings. The lowest BCUT2D eigenvalue weighted by molar-refractivity contribution is 0.324. The zero-order chi connectivity index (χ0) is 22.1. The van der Waals surface area contributed by atoms with E-state index in [1.165, 1.54) is 19.3 Å². The van der Waals surface area contributed by atoms with Crippen molar-refractivity contribution >= 4 is 5.96 Å². The van der Waals surface area contributed by atoms with Crippen LogP contribution >= 0.6 is 0 Å². The van der Waals surface area contributed by atoms with Crippen molar-refractivity contribution in [1.29, 1.82) is 0 Å². The Kier molecular flexibility index (Phi) is 8.37. The van der Waals surface area contributed by atoms with Crippen LogP contribution in [0.4, 0.5) is 0 Å². The van der Waals surface area contributed by atoms with E-state index in [4.69, 9.17) is 19.2 Å². The molecule has 170 valence electrons. The number of benzene rings is 1. The fraction of sp³-hybridized carbons (Fsp3) is 0.591. The number of rotatable bonds is 9. The first kappa shape index (κ1) is 22.7. The average Bonchev–Trinajstić information content (AvgIpc) is 3.02. The normalized spacial score (nSPS) is 13.9. The van der Waals surface area contributed by atoms with Crippen molar-refractivity contribution in [3.05, 3.63) is 29.3 Å². The predicted octanol–water partition coefficient (Wildman–Crippen LogP) is 2.33. The molecule has 0 atom stereocenters. The third-order valence-corrected chi connectivity index (χ3v) is 5.32. The summed E-state index contributed by atoms with van der Waals surface area (Å²) in [7, 11) is 4.82. The number of guanidine groups is 1. The molecule has 0 saturated carbocycles. The van der Waals surface area contributed by atoms with Crippen LogP contribution in [-0.2, 0) is 25.9 Å². The Morgan fingerprint density at radius 1 is 1.03 bits per heavy atom. The largest absolute Gasteiger partial charge is 0.493 e. The van der Waals surface area contributed by atoms with Crippen molar-refractivity contribution in [3.8, 4) is 17.2 Å². The van der Waals surface area contributed by atoms with Gasteiger partial charge in [0.15, 0.2) is 17.5 Å². The van der Waals surface area contributed by atoms with Gasteiger partial charge in [0.1, 0.15) is 11.6 Å². The van der Waals surface area contributed by atoms with Crippen LogP contribution < -0.4 is 24.8 Å². The predicted molar refractivity (Wildman–Crippen MR) is 120 cm³/mol. The van der Waals surface area contributed by atoms with Gasteiger partial charge in [0.2, 0.25) is 5.75 Å². The number of hydrogen-bond donors (Lipinski definition) is 2. The molecule has 0 spiro atoms. The summed E-state index contributed by atoms with van der Waals surface area (Å²) in [6.45, 7) is 5.06. The SMILES string of the molecule is CCNC(=NCc1cc(OC)c(OC)c(OC)c1)NCCc1nnc2n1CCCCC2. The third kappa shape index (κ3) is 5.80. The Bertz CT molecular complexity index is 855. The molecule has 0 bridgehead atoms. The third-order valence-electron chi connectivity index (χ3n) is 5.32. The maximum absolute atomic E-state index is 5.43. The topological polar surface area (TPSA) is 94.8 Å². The average molecular weight is 431 g/mol. The Labute approximate surface area is 184 Å². The molecule has 0 amide bonds. The van der Waals surface area contributed by atoms with Crippen molar-refractivity contribution in [3.63, 3.8) is 0 Å². The molecule has 0 saturated heterocycles. The first-order valence-corrected chi connectivity index (χ1v) is 10.9. The molecule has 9 nitrogen and oxygen atoms in total. The second-order valence-electron chi connectivity index (χ2n) is 7.40. The van der Waals surface area contributed by atoms with Crippen LogP contribution in [-0.4, -0.2) is 55.1 Å². The lowest BCUT2D eigenvalue weighted by Gasteiger charge is -2.14. The number of nitrogens with zero attached hydrogens (tertiary/aromatic N) is 4. The standard InChI is InChI=1S/C22H34N6O3/c1-5-23-22(24-11-10-20-27-26-19-9-7-6-8-12-28(19)20)25-15-16-13-17(29-2)21(31-4)18(14-16)30-3/h13-14H,5-12,15H2,1-4H3,(H2,23,24,25). The zero-order valence-electron chi connectivity index (χ0n) is 19.0. The summed E-state index contributed by atoms with van der Waals surface area (Å²) in [6, 6.07) is 3.83.